The van der Waals surface area contributed by atoms with Gasteiger partial charge in [-0.3, -0.25) is 14.7 Å². The number of carbonyl (C=O) groups is 2. The largest absolute Gasteiger partial charge is 0.416 e. The summed E-state index contributed by atoms with van der Waals surface area (Å²) in [5, 5.41) is 5.80. The van der Waals surface area contributed by atoms with Crippen LogP contribution in [0.3, 0.4) is 0 Å². The Morgan fingerprint density at radius 2 is 2.09 bits per heavy atom. The number of nitrogens with one attached hydrogen (secondary N) is 1. The summed E-state index contributed by atoms with van der Waals surface area (Å²) in [6.07, 6.45) is -3.40. The van der Waals surface area contributed by atoms with E-state index in [9.17, 15) is 22.8 Å². The minimum atomic E-state index is -4.55. The summed E-state index contributed by atoms with van der Waals surface area (Å²) >= 11 is 1.01. The van der Waals surface area contributed by atoms with Crippen LogP contribution in [0, 0.1) is 0 Å². The first kappa shape index (κ1) is 15.5. The SMILES string of the molecule is O=C1CC(Sc2ncn[nH]2)C(=O)N1c1cccc(C(F)(F)F)c1. The Bertz CT molecular complexity index is 748. The second kappa shape index (κ2) is 5.69. The first-order valence-corrected chi connectivity index (χ1v) is 7.30. The fraction of sp³-hybridized carbons (Fsp3) is 0.231. The van der Waals surface area contributed by atoms with Crippen molar-refractivity contribution in [3.8, 4) is 0 Å². The number of halogens is 3. The summed E-state index contributed by atoms with van der Waals surface area (Å²) in [5.41, 5.74) is -1.00. The van der Waals surface area contributed by atoms with Gasteiger partial charge >= 0.3 is 6.18 Å². The molecule has 0 aliphatic carbocycles. The average molecular weight is 342 g/mol. The molecule has 0 spiro atoms. The highest BCUT2D eigenvalue weighted by Crippen LogP contribution is 2.35. The number of H-pyrrole nitrogens is 1. The standard InChI is InChI=1S/C13H9F3N4O2S/c14-13(15,16)7-2-1-3-8(4-7)20-10(21)5-9(11(20)22)23-12-17-6-18-19-12/h1-4,6,9H,5H2,(H,17,18,19). The maximum Gasteiger partial charge on any atom is 0.416 e. The zero-order chi connectivity index (χ0) is 16.6. The zero-order valence-corrected chi connectivity index (χ0v) is 12.2. The first-order chi connectivity index (χ1) is 10.9. The number of rotatable bonds is 3. The van der Waals surface area contributed by atoms with Crippen molar-refractivity contribution >= 4 is 29.3 Å². The fourth-order valence-corrected chi connectivity index (χ4v) is 3.09. The van der Waals surface area contributed by atoms with Crippen molar-refractivity contribution in [2.75, 3.05) is 4.90 Å². The number of nitrogens with zero attached hydrogens (tertiary/aromatic N) is 3. The van der Waals surface area contributed by atoms with Gasteiger partial charge in [-0.25, -0.2) is 9.88 Å². The molecule has 0 bridgehead atoms. The summed E-state index contributed by atoms with van der Waals surface area (Å²) in [7, 11) is 0. The smallest absolute Gasteiger partial charge is 0.274 e. The van der Waals surface area contributed by atoms with E-state index in [1.54, 1.807) is 0 Å². The van der Waals surface area contributed by atoms with Crippen molar-refractivity contribution < 1.29 is 22.8 Å². The highest BCUT2D eigenvalue weighted by molar-refractivity contribution is 8.00. The number of aromatic nitrogens is 3. The number of hydrogen-bond donors (Lipinski definition) is 1. The van der Waals surface area contributed by atoms with Crippen LogP contribution < -0.4 is 4.90 Å². The second-order valence-corrected chi connectivity index (χ2v) is 5.91. The molecule has 2 aromatic rings. The molecule has 0 saturated carbocycles. The van der Waals surface area contributed by atoms with Gasteiger partial charge in [-0.2, -0.15) is 18.3 Å². The van der Waals surface area contributed by atoms with Crippen LogP contribution in [0.5, 0.6) is 0 Å². The Morgan fingerprint density at radius 3 is 2.74 bits per heavy atom. The predicted molar refractivity (Wildman–Crippen MR) is 74.6 cm³/mol. The van der Waals surface area contributed by atoms with Crippen molar-refractivity contribution in [1.29, 1.82) is 0 Å². The van der Waals surface area contributed by atoms with E-state index < -0.39 is 28.8 Å². The molecule has 120 valence electrons. The normalized spacial score (nSPS) is 18.7. The van der Waals surface area contributed by atoms with Crippen LogP contribution in [-0.4, -0.2) is 32.2 Å². The van der Waals surface area contributed by atoms with Crippen LogP contribution >= 0.6 is 11.8 Å². The van der Waals surface area contributed by atoms with Gasteiger partial charge < -0.3 is 0 Å². The molecule has 3 rings (SSSR count). The molecule has 10 heteroatoms. The molecule has 2 amide bonds. The van der Waals surface area contributed by atoms with Crippen LogP contribution in [-0.2, 0) is 15.8 Å². The molecule has 1 unspecified atom stereocenters. The number of carbonyl (C=O) groups excluding carboxylic acids is 2. The summed E-state index contributed by atoms with van der Waals surface area (Å²) < 4.78 is 38.3. The molecule has 1 saturated heterocycles. The molecule has 1 N–H and O–H groups in total. The molecule has 1 fully saturated rings. The van der Waals surface area contributed by atoms with Crippen molar-refractivity contribution in [3.63, 3.8) is 0 Å². The Hall–Kier alpha value is -2.36. The number of anilines is 1. The van der Waals surface area contributed by atoms with Crippen molar-refractivity contribution in [2.45, 2.75) is 23.0 Å². The van der Waals surface area contributed by atoms with Gasteiger partial charge in [0, 0.05) is 6.42 Å². The number of thioether (sulfide) groups is 1. The fourth-order valence-electron chi connectivity index (χ4n) is 2.17. The average Bonchev–Trinajstić information content (AvgIpc) is 3.08. The predicted octanol–water partition coefficient (Wildman–Crippen LogP) is 2.25. The summed E-state index contributed by atoms with van der Waals surface area (Å²) in [5.74, 6) is -1.12. The molecule has 6 nitrogen and oxygen atoms in total. The van der Waals surface area contributed by atoms with Gasteiger partial charge in [0.15, 0.2) is 5.16 Å². The summed E-state index contributed by atoms with van der Waals surface area (Å²) in [6, 6.07) is 4.13. The van der Waals surface area contributed by atoms with Gasteiger partial charge in [0.05, 0.1) is 11.3 Å². The van der Waals surface area contributed by atoms with Crippen LogP contribution in [0.4, 0.5) is 18.9 Å². The number of hydrogen-bond acceptors (Lipinski definition) is 5. The number of alkyl halides is 3. The molecule has 1 aliphatic rings. The van der Waals surface area contributed by atoms with Crippen molar-refractivity contribution in [1.82, 2.24) is 15.2 Å². The van der Waals surface area contributed by atoms with Gasteiger partial charge in [-0.1, -0.05) is 17.8 Å². The lowest BCUT2D eigenvalue weighted by Gasteiger charge is -2.16. The number of benzene rings is 1. The van der Waals surface area contributed by atoms with Crippen LogP contribution in [0.25, 0.3) is 0 Å². The van der Waals surface area contributed by atoms with Gasteiger partial charge in [-0.15, -0.1) is 0 Å². The molecule has 1 atom stereocenters. The number of aromatic amines is 1. The Labute approximate surface area is 132 Å². The number of imide groups is 1. The first-order valence-electron chi connectivity index (χ1n) is 6.42. The van der Waals surface area contributed by atoms with E-state index in [1.807, 2.05) is 0 Å². The van der Waals surface area contributed by atoms with Crippen molar-refractivity contribution in [3.05, 3.63) is 36.2 Å². The molecule has 23 heavy (non-hydrogen) atoms. The molecule has 1 aliphatic heterocycles. The third-order valence-corrected chi connectivity index (χ3v) is 4.26. The molecule has 2 heterocycles. The van der Waals surface area contributed by atoms with Crippen molar-refractivity contribution in [2.24, 2.45) is 0 Å². The van der Waals surface area contributed by atoms with Gasteiger partial charge in [0.2, 0.25) is 11.8 Å². The third kappa shape index (κ3) is 3.07. The minimum Gasteiger partial charge on any atom is -0.274 e. The summed E-state index contributed by atoms with van der Waals surface area (Å²) in [6.45, 7) is 0. The Morgan fingerprint density at radius 1 is 1.30 bits per heavy atom. The van der Waals surface area contributed by atoms with E-state index in [0.717, 1.165) is 34.9 Å². The van der Waals surface area contributed by atoms with E-state index >= 15 is 0 Å². The van der Waals surface area contributed by atoms with E-state index in [4.69, 9.17) is 0 Å². The second-order valence-electron chi connectivity index (χ2n) is 4.72. The van der Waals surface area contributed by atoms with E-state index in [2.05, 4.69) is 15.2 Å². The van der Waals surface area contributed by atoms with Crippen LogP contribution in [0.2, 0.25) is 0 Å². The topological polar surface area (TPSA) is 79.0 Å². The van der Waals surface area contributed by atoms with Gasteiger partial charge in [0.25, 0.3) is 0 Å². The molecule has 1 aromatic carbocycles. The van der Waals surface area contributed by atoms with Gasteiger partial charge in [0.1, 0.15) is 11.6 Å². The summed E-state index contributed by atoms with van der Waals surface area (Å²) in [4.78, 5) is 29.0. The minimum absolute atomic E-state index is 0.0875. The molecular formula is C13H9F3N4O2S. The maximum atomic E-state index is 12.8. The van der Waals surface area contributed by atoms with Gasteiger partial charge in [-0.05, 0) is 18.2 Å². The third-order valence-electron chi connectivity index (χ3n) is 3.18. The molecule has 0 radical (unpaired) electrons. The monoisotopic (exact) mass is 342 g/mol. The lowest BCUT2D eigenvalue weighted by atomic mass is 10.2. The Kier molecular flexibility index (Phi) is 3.84. The lowest BCUT2D eigenvalue weighted by Crippen LogP contribution is -2.31. The van der Waals surface area contributed by atoms with E-state index in [-0.39, 0.29) is 12.1 Å². The maximum absolute atomic E-state index is 12.8. The molecule has 1 aromatic heterocycles. The van der Waals surface area contributed by atoms with E-state index in [1.165, 1.54) is 12.4 Å². The molecular weight excluding hydrogens is 333 g/mol. The van der Waals surface area contributed by atoms with Crippen LogP contribution in [0.1, 0.15) is 12.0 Å². The quantitative estimate of drug-likeness (QED) is 0.866. The highest BCUT2D eigenvalue weighted by Gasteiger charge is 2.41. The Balaban J connectivity index is 1.86. The van der Waals surface area contributed by atoms with Crippen LogP contribution in [0.15, 0.2) is 35.7 Å². The highest BCUT2D eigenvalue weighted by atomic mass is 32.2. The number of amides is 2. The van der Waals surface area contributed by atoms with E-state index in [0.29, 0.717) is 5.16 Å². The lowest BCUT2D eigenvalue weighted by molar-refractivity contribution is -0.137. The zero-order valence-electron chi connectivity index (χ0n) is 11.4.